The quantitative estimate of drug-likeness (QED) is 0.664. The summed E-state index contributed by atoms with van der Waals surface area (Å²) in [5.41, 5.74) is -1.14. The number of hydrogen-bond acceptors (Lipinski definition) is 1. The average Bonchev–Trinajstić information content (AvgIpc) is 2.43. The molecule has 0 unspecified atom stereocenters. The minimum atomic E-state index is -4.64. The molecular weight excluding hydrogens is 300 g/mol. The maximum atomic E-state index is 13.3. The molecule has 114 valence electrons. The zero-order valence-electron chi connectivity index (χ0n) is 11.1. The first kappa shape index (κ1) is 15.8. The van der Waals surface area contributed by atoms with Crippen LogP contribution in [-0.4, -0.2) is 11.1 Å². The zero-order valence-corrected chi connectivity index (χ0v) is 11.1. The lowest BCUT2D eigenvalue weighted by Crippen LogP contribution is -2.08. The average molecular weight is 310 g/mol. The van der Waals surface area contributed by atoms with Crippen molar-refractivity contribution in [3.63, 3.8) is 0 Å². The Hall–Kier alpha value is -2.63. The molecule has 22 heavy (non-hydrogen) atoms. The monoisotopic (exact) mass is 310 g/mol. The second kappa shape index (κ2) is 6.01. The van der Waals surface area contributed by atoms with Gasteiger partial charge in [-0.2, -0.15) is 13.2 Å². The number of aliphatic carboxylic acids is 1. The van der Waals surface area contributed by atoms with E-state index in [9.17, 15) is 22.4 Å². The maximum absolute atomic E-state index is 13.3. The first-order chi connectivity index (χ1) is 10.3. The highest BCUT2D eigenvalue weighted by atomic mass is 19.4. The highest BCUT2D eigenvalue weighted by Crippen LogP contribution is 2.39. The summed E-state index contributed by atoms with van der Waals surface area (Å²) in [6, 6.07) is 8.11. The van der Waals surface area contributed by atoms with E-state index in [4.69, 9.17) is 5.11 Å². The van der Waals surface area contributed by atoms with Crippen LogP contribution in [0.2, 0.25) is 0 Å². The van der Waals surface area contributed by atoms with Crippen LogP contribution in [0.25, 0.3) is 17.2 Å². The number of halogens is 4. The second-order valence-electron chi connectivity index (χ2n) is 4.45. The Morgan fingerprint density at radius 1 is 1.09 bits per heavy atom. The molecule has 0 spiro atoms. The molecule has 0 radical (unpaired) electrons. The lowest BCUT2D eigenvalue weighted by Gasteiger charge is -2.15. The predicted octanol–water partition coefficient (Wildman–Crippen LogP) is 4.61. The van der Waals surface area contributed by atoms with E-state index in [0.717, 1.165) is 30.4 Å². The summed E-state index contributed by atoms with van der Waals surface area (Å²) in [5, 5.41) is 8.64. The van der Waals surface area contributed by atoms with Gasteiger partial charge >= 0.3 is 12.1 Å². The Kier molecular flexibility index (Phi) is 4.30. The van der Waals surface area contributed by atoms with Crippen molar-refractivity contribution in [2.75, 3.05) is 0 Å². The fraction of sp³-hybridized carbons (Fsp3) is 0.0625. The van der Waals surface area contributed by atoms with Gasteiger partial charge in [-0.15, -0.1) is 0 Å². The molecule has 0 aliphatic carbocycles. The van der Waals surface area contributed by atoms with Crippen LogP contribution in [-0.2, 0) is 11.0 Å². The normalized spacial score (nSPS) is 11.8. The van der Waals surface area contributed by atoms with Gasteiger partial charge in [0, 0.05) is 11.6 Å². The Balaban J connectivity index is 2.73. The number of benzene rings is 2. The summed E-state index contributed by atoms with van der Waals surface area (Å²) in [7, 11) is 0. The number of carbonyl (C=O) groups is 1. The van der Waals surface area contributed by atoms with Gasteiger partial charge in [-0.3, -0.25) is 0 Å². The first-order valence-corrected chi connectivity index (χ1v) is 6.16. The molecule has 0 aliphatic rings. The Morgan fingerprint density at radius 2 is 1.77 bits per heavy atom. The largest absolute Gasteiger partial charge is 0.478 e. The van der Waals surface area contributed by atoms with E-state index < -0.39 is 23.5 Å². The van der Waals surface area contributed by atoms with Crippen molar-refractivity contribution in [2.45, 2.75) is 6.18 Å². The van der Waals surface area contributed by atoms with Gasteiger partial charge in [0.25, 0.3) is 0 Å². The van der Waals surface area contributed by atoms with Gasteiger partial charge in [-0.1, -0.05) is 24.3 Å². The SMILES string of the molecule is O=C(O)/C=C/c1cccc(C(F)(F)F)c1-c1cccc(F)c1. The number of carboxylic acid groups (broad SMARTS) is 1. The molecule has 2 aromatic carbocycles. The highest BCUT2D eigenvalue weighted by molar-refractivity contribution is 5.88. The third kappa shape index (κ3) is 3.52. The van der Waals surface area contributed by atoms with E-state index in [2.05, 4.69) is 0 Å². The van der Waals surface area contributed by atoms with Gasteiger partial charge in [-0.25, -0.2) is 9.18 Å². The minimum absolute atomic E-state index is 0.0259. The molecule has 0 heterocycles. The van der Waals surface area contributed by atoms with Crippen molar-refractivity contribution in [1.29, 1.82) is 0 Å². The molecule has 6 heteroatoms. The van der Waals surface area contributed by atoms with Crippen molar-refractivity contribution in [3.05, 3.63) is 65.5 Å². The number of alkyl halides is 3. The molecule has 0 saturated carbocycles. The molecular formula is C16H10F4O2. The Bertz CT molecular complexity index is 733. The first-order valence-electron chi connectivity index (χ1n) is 6.16. The fourth-order valence-electron chi connectivity index (χ4n) is 2.07. The van der Waals surface area contributed by atoms with Crippen molar-refractivity contribution >= 4 is 12.0 Å². The molecule has 0 amide bonds. The van der Waals surface area contributed by atoms with Gasteiger partial charge in [0.2, 0.25) is 0 Å². The van der Waals surface area contributed by atoms with Crippen LogP contribution >= 0.6 is 0 Å². The Labute approximate surface area is 123 Å². The molecule has 0 bridgehead atoms. The smallest absolute Gasteiger partial charge is 0.417 e. The number of carboxylic acids is 1. The van der Waals surface area contributed by atoms with Crippen molar-refractivity contribution in [3.8, 4) is 11.1 Å². The molecule has 0 aromatic heterocycles. The van der Waals surface area contributed by atoms with Crippen molar-refractivity contribution in [2.24, 2.45) is 0 Å². The molecule has 0 aliphatic heterocycles. The summed E-state index contributed by atoms with van der Waals surface area (Å²) < 4.78 is 52.9. The van der Waals surface area contributed by atoms with E-state index in [-0.39, 0.29) is 16.7 Å². The van der Waals surface area contributed by atoms with E-state index in [0.29, 0.717) is 0 Å². The second-order valence-corrected chi connectivity index (χ2v) is 4.45. The third-order valence-corrected chi connectivity index (χ3v) is 2.92. The van der Waals surface area contributed by atoms with Crippen LogP contribution in [0.5, 0.6) is 0 Å². The van der Waals surface area contributed by atoms with Crippen LogP contribution < -0.4 is 0 Å². The predicted molar refractivity (Wildman–Crippen MR) is 73.5 cm³/mol. The summed E-state index contributed by atoms with van der Waals surface area (Å²) in [4.78, 5) is 10.6. The summed E-state index contributed by atoms with van der Waals surface area (Å²) in [5.74, 6) is -1.97. The van der Waals surface area contributed by atoms with Crippen LogP contribution in [0, 0.1) is 5.82 Å². The van der Waals surface area contributed by atoms with Crippen LogP contribution in [0.4, 0.5) is 17.6 Å². The standard InChI is InChI=1S/C16H10F4O2/c17-12-5-1-4-11(9-12)15-10(7-8-14(21)22)3-2-6-13(15)16(18,19)20/h1-9H,(H,21,22)/b8-7+. The van der Waals surface area contributed by atoms with Gasteiger partial charge in [-0.05, 0) is 35.4 Å². The topological polar surface area (TPSA) is 37.3 Å². The zero-order chi connectivity index (χ0) is 16.3. The van der Waals surface area contributed by atoms with Crippen LogP contribution in [0.1, 0.15) is 11.1 Å². The van der Waals surface area contributed by atoms with E-state index in [1.54, 1.807) is 0 Å². The van der Waals surface area contributed by atoms with E-state index >= 15 is 0 Å². The van der Waals surface area contributed by atoms with Gasteiger partial charge < -0.3 is 5.11 Å². The fourth-order valence-corrected chi connectivity index (χ4v) is 2.07. The summed E-state index contributed by atoms with van der Waals surface area (Å²) in [6.07, 6.45) is -2.86. The molecule has 2 rings (SSSR count). The molecule has 0 saturated heterocycles. The van der Waals surface area contributed by atoms with Gasteiger partial charge in [0.05, 0.1) is 5.56 Å². The number of rotatable bonds is 3. The van der Waals surface area contributed by atoms with E-state index in [1.807, 2.05) is 0 Å². The molecule has 2 aromatic rings. The van der Waals surface area contributed by atoms with Gasteiger partial charge in [0.1, 0.15) is 5.82 Å². The minimum Gasteiger partial charge on any atom is -0.478 e. The van der Waals surface area contributed by atoms with Gasteiger partial charge in [0.15, 0.2) is 0 Å². The lowest BCUT2D eigenvalue weighted by atomic mass is 9.93. The number of hydrogen-bond donors (Lipinski definition) is 1. The lowest BCUT2D eigenvalue weighted by molar-refractivity contribution is -0.137. The maximum Gasteiger partial charge on any atom is 0.417 e. The molecule has 0 atom stereocenters. The summed E-state index contributed by atoms with van der Waals surface area (Å²) >= 11 is 0. The van der Waals surface area contributed by atoms with Crippen LogP contribution in [0.3, 0.4) is 0 Å². The van der Waals surface area contributed by atoms with Crippen LogP contribution in [0.15, 0.2) is 48.5 Å². The highest BCUT2D eigenvalue weighted by Gasteiger charge is 2.34. The van der Waals surface area contributed by atoms with Crippen molar-refractivity contribution < 1.29 is 27.5 Å². The van der Waals surface area contributed by atoms with E-state index in [1.165, 1.54) is 24.3 Å². The molecule has 0 fully saturated rings. The van der Waals surface area contributed by atoms with Crippen molar-refractivity contribution in [1.82, 2.24) is 0 Å². The molecule has 1 N–H and O–H groups in total. The Morgan fingerprint density at radius 3 is 2.36 bits per heavy atom. The summed E-state index contributed by atoms with van der Waals surface area (Å²) in [6.45, 7) is 0. The molecule has 2 nitrogen and oxygen atoms in total. The third-order valence-electron chi connectivity index (χ3n) is 2.92.